The van der Waals surface area contributed by atoms with Crippen molar-refractivity contribution in [3.8, 4) is 5.75 Å². The summed E-state index contributed by atoms with van der Waals surface area (Å²) in [6, 6.07) is 2.17. The lowest BCUT2D eigenvalue weighted by Gasteiger charge is -2.15. The minimum Gasteiger partial charge on any atom is -0.488 e. The van der Waals surface area contributed by atoms with Gasteiger partial charge in [-0.25, -0.2) is 13.6 Å². The maximum absolute atomic E-state index is 13.2. The Balaban J connectivity index is 2.37. The van der Waals surface area contributed by atoms with Crippen molar-refractivity contribution in [1.82, 2.24) is 10.6 Å². The predicted molar refractivity (Wildman–Crippen MR) is 64.9 cm³/mol. The van der Waals surface area contributed by atoms with Crippen LogP contribution in [0.5, 0.6) is 5.75 Å². The van der Waals surface area contributed by atoms with E-state index in [1.54, 1.807) is 6.92 Å². The molecule has 2 amide bonds. The highest BCUT2D eigenvalue weighted by atomic mass is 19.1. The number of benzene rings is 1. The molecule has 3 N–H and O–H groups in total. The number of nitrogens with one attached hydrogen (secondary N) is 2. The molecule has 0 saturated carbocycles. The van der Waals surface area contributed by atoms with E-state index in [-0.39, 0.29) is 31.5 Å². The molecular formula is C12H16F2N2O3. The van der Waals surface area contributed by atoms with Crippen LogP contribution in [0.1, 0.15) is 6.92 Å². The van der Waals surface area contributed by atoms with E-state index in [1.165, 1.54) is 6.07 Å². The summed E-state index contributed by atoms with van der Waals surface area (Å²) in [7, 11) is 0. The largest absolute Gasteiger partial charge is 0.488 e. The molecule has 1 aromatic carbocycles. The van der Waals surface area contributed by atoms with Gasteiger partial charge in [0.15, 0.2) is 11.6 Å². The number of aliphatic hydroxyl groups excluding tert-OH is 1. The number of hydrogen-bond donors (Lipinski definition) is 3. The number of carbonyl (C=O) groups excluding carboxylic acids is 1. The third-order valence-corrected chi connectivity index (χ3v) is 2.16. The summed E-state index contributed by atoms with van der Waals surface area (Å²) in [5.41, 5.74) is 0. The van der Waals surface area contributed by atoms with Crippen LogP contribution in [0.4, 0.5) is 13.6 Å². The summed E-state index contributed by atoms with van der Waals surface area (Å²) >= 11 is 0. The van der Waals surface area contributed by atoms with E-state index in [9.17, 15) is 13.6 Å². The Morgan fingerprint density at radius 2 is 2.21 bits per heavy atom. The van der Waals surface area contributed by atoms with E-state index < -0.39 is 17.7 Å². The molecule has 0 aromatic heterocycles. The first kappa shape index (κ1) is 15.2. The van der Waals surface area contributed by atoms with Gasteiger partial charge in [-0.2, -0.15) is 0 Å². The number of urea groups is 1. The van der Waals surface area contributed by atoms with Crippen LogP contribution in [0.3, 0.4) is 0 Å². The van der Waals surface area contributed by atoms with Gasteiger partial charge >= 0.3 is 6.03 Å². The molecule has 0 radical (unpaired) electrons. The van der Waals surface area contributed by atoms with Crippen molar-refractivity contribution in [3.05, 3.63) is 29.8 Å². The van der Waals surface area contributed by atoms with Gasteiger partial charge in [0.05, 0.1) is 12.6 Å². The molecule has 0 spiro atoms. The van der Waals surface area contributed by atoms with Crippen molar-refractivity contribution in [2.75, 3.05) is 19.8 Å². The third-order valence-electron chi connectivity index (χ3n) is 2.16. The quantitative estimate of drug-likeness (QED) is 0.725. The molecule has 1 rings (SSSR count). The Morgan fingerprint density at radius 1 is 1.47 bits per heavy atom. The van der Waals surface area contributed by atoms with Crippen molar-refractivity contribution in [1.29, 1.82) is 0 Å². The van der Waals surface area contributed by atoms with E-state index in [2.05, 4.69) is 10.6 Å². The Hall–Kier alpha value is -1.89. The van der Waals surface area contributed by atoms with Crippen molar-refractivity contribution >= 4 is 6.03 Å². The minimum atomic E-state index is -0.795. The molecule has 19 heavy (non-hydrogen) atoms. The van der Waals surface area contributed by atoms with E-state index >= 15 is 0 Å². The fraction of sp³-hybridized carbons (Fsp3) is 0.417. The number of aliphatic hydroxyl groups is 1. The summed E-state index contributed by atoms with van der Waals surface area (Å²) < 4.78 is 31.0. The molecular weight excluding hydrogens is 258 g/mol. The van der Waals surface area contributed by atoms with Crippen LogP contribution < -0.4 is 15.4 Å². The number of carbonyl (C=O) groups is 1. The average molecular weight is 274 g/mol. The van der Waals surface area contributed by atoms with Gasteiger partial charge in [-0.1, -0.05) is 0 Å². The normalized spacial score (nSPS) is 11.8. The number of amides is 2. The van der Waals surface area contributed by atoms with Gasteiger partial charge in [-0.3, -0.25) is 0 Å². The van der Waals surface area contributed by atoms with Crippen LogP contribution in [0, 0.1) is 11.6 Å². The summed E-state index contributed by atoms with van der Waals surface area (Å²) in [5.74, 6) is -1.55. The highest BCUT2D eigenvalue weighted by Gasteiger charge is 2.09. The zero-order chi connectivity index (χ0) is 14.3. The molecule has 1 atom stereocenters. The fourth-order valence-electron chi connectivity index (χ4n) is 1.29. The Bertz CT molecular complexity index is 429. The van der Waals surface area contributed by atoms with E-state index in [1.807, 2.05) is 0 Å². The van der Waals surface area contributed by atoms with Crippen molar-refractivity contribution in [2.45, 2.75) is 13.0 Å². The highest BCUT2D eigenvalue weighted by Crippen LogP contribution is 2.17. The molecule has 0 aliphatic rings. The lowest BCUT2D eigenvalue weighted by molar-refractivity contribution is 0.220. The van der Waals surface area contributed by atoms with E-state index in [0.29, 0.717) is 0 Å². The Kier molecular flexibility index (Phi) is 6.01. The molecule has 0 saturated heterocycles. The summed E-state index contributed by atoms with van der Waals surface area (Å²) in [4.78, 5) is 11.2. The number of hydrogen-bond acceptors (Lipinski definition) is 3. The first-order chi connectivity index (χ1) is 9.02. The molecule has 7 heteroatoms. The summed E-state index contributed by atoms with van der Waals surface area (Å²) in [6.07, 6.45) is 0. The second kappa shape index (κ2) is 7.52. The van der Waals surface area contributed by atoms with Crippen LogP contribution in [-0.2, 0) is 0 Å². The fourth-order valence-corrected chi connectivity index (χ4v) is 1.29. The number of ether oxygens (including phenoxy) is 1. The molecule has 0 aliphatic carbocycles. The van der Waals surface area contributed by atoms with Gasteiger partial charge in [-0.15, -0.1) is 0 Å². The second-order valence-corrected chi connectivity index (χ2v) is 3.91. The third kappa shape index (κ3) is 5.52. The minimum absolute atomic E-state index is 0.0368. The van der Waals surface area contributed by atoms with Crippen LogP contribution in [-0.4, -0.2) is 36.9 Å². The molecule has 5 nitrogen and oxygen atoms in total. The van der Waals surface area contributed by atoms with Gasteiger partial charge in [0.25, 0.3) is 0 Å². The zero-order valence-electron chi connectivity index (χ0n) is 10.5. The number of rotatable bonds is 6. The second-order valence-electron chi connectivity index (χ2n) is 3.91. The molecule has 1 aromatic rings. The van der Waals surface area contributed by atoms with Crippen LogP contribution in [0.2, 0.25) is 0 Å². The highest BCUT2D eigenvalue weighted by molar-refractivity contribution is 5.74. The first-order valence-electron chi connectivity index (χ1n) is 5.76. The van der Waals surface area contributed by atoms with Gasteiger partial charge < -0.3 is 20.5 Å². The number of halogens is 2. The lowest BCUT2D eigenvalue weighted by Crippen LogP contribution is -2.44. The van der Waals surface area contributed by atoms with Gasteiger partial charge in [-0.05, 0) is 19.1 Å². The van der Waals surface area contributed by atoms with Crippen LogP contribution >= 0.6 is 0 Å². The average Bonchev–Trinajstić information content (AvgIpc) is 2.35. The van der Waals surface area contributed by atoms with E-state index in [4.69, 9.17) is 9.84 Å². The zero-order valence-corrected chi connectivity index (χ0v) is 10.5. The topological polar surface area (TPSA) is 70.6 Å². The van der Waals surface area contributed by atoms with E-state index in [0.717, 1.165) is 12.1 Å². The molecule has 106 valence electrons. The van der Waals surface area contributed by atoms with Crippen LogP contribution in [0.15, 0.2) is 18.2 Å². The predicted octanol–water partition coefficient (Wildman–Crippen LogP) is 1.02. The summed E-state index contributed by atoms with van der Waals surface area (Å²) in [6.45, 7) is 1.69. The molecule has 0 bridgehead atoms. The Labute approximate surface area is 109 Å². The maximum atomic E-state index is 13.2. The van der Waals surface area contributed by atoms with Gasteiger partial charge in [0.2, 0.25) is 0 Å². The lowest BCUT2D eigenvalue weighted by atomic mass is 10.3. The molecule has 0 aliphatic heterocycles. The smallest absolute Gasteiger partial charge is 0.315 e. The van der Waals surface area contributed by atoms with Crippen molar-refractivity contribution < 1.29 is 23.4 Å². The van der Waals surface area contributed by atoms with Crippen LogP contribution in [0.25, 0.3) is 0 Å². The van der Waals surface area contributed by atoms with Gasteiger partial charge in [0, 0.05) is 12.6 Å². The van der Waals surface area contributed by atoms with Crippen molar-refractivity contribution in [3.63, 3.8) is 0 Å². The monoisotopic (exact) mass is 274 g/mol. The Morgan fingerprint density at radius 3 is 2.84 bits per heavy atom. The van der Waals surface area contributed by atoms with Gasteiger partial charge in [0.1, 0.15) is 12.4 Å². The molecule has 0 heterocycles. The maximum Gasteiger partial charge on any atom is 0.315 e. The van der Waals surface area contributed by atoms with Crippen molar-refractivity contribution in [2.24, 2.45) is 0 Å². The first-order valence-corrected chi connectivity index (χ1v) is 5.76. The summed E-state index contributed by atoms with van der Waals surface area (Å²) in [5, 5.41) is 13.4. The molecule has 0 fully saturated rings. The SMILES string of the molecule is CC(COc1ccc(F)cc1F)NC(=O)NCCO. The standard InChI is InChI=1S/C12H16F2N2O3/c1-8(16-12(18)15-4-5-17)7-19-11-3-2-9(13)6-10(11)14/h2-3,6,8,17H,4-5,7H2,1H3,(H2,15,16,18). The molecule has 1 unspecified atom stereocenters.